The Hall–Kier alpha value is -3.94. The smallest absolute Gasteiger partial charge is 0.475 e. The van der Waals surface area contributed by atoms with Crippen molar-refractivity contribution in [1.29, 1.82) is 0 Å². The van der Waals surface area contributed by atoms with Crippen molar-refractivity contribution in [2.45, 2.75) is 38.6 Å². The Morgan fingerprint density at radius 2 is 1.20 bits per heavy atom. The van der Waals surface area contributed by atoms with Gasteiger partial charge in [-0.05, 0) is 35.4 Å². The van der Waals surface area contributed by atoms with Crippen LogP contribution in [0.15, 0.2) is 96.4 Å². The Labute approximate surface area is 293 Å². The van der Waals surface area contributed by atoms with E-state index in [1.54, 1.807) is 60.7 Å². The summed E-state index contributed by atoms with van der Waals surface area (Å²) >= 11 is 11.4. The van der Waals surface area contributed by atoms with E-state index in [1.807, 2.05) is 0 Å². The number of halogens is 6. The third-order valence-electron chi connectivity index (χ3n) is 7.13. The molecule has 0 amide bonds. The number of esters is 1. The molecule has 4 aromatic carbocycles. The van der Waals surface area contributed by atoms with Gasteiger partial charge in [0.05, 0.1) is 19.8 Å². The first-order valence-electron chi connectivity index (χ1n) is 14.7. The van der Waals surface area contributed by atoms with Crippen LogP contribution in [0, 0.1) is 23.3 Å². The van der Waals surface area contributed by atoms with Gasteiger partial charge >= 0.3 is 13.8 Å². The maximum atomic E-state index is 14.8. The average Bonchev–Trinajstić information content (AvgIpc) is 3.44. The molecule has 1 aliphatic heterocycles. The number of rotatable bonds is 16. The Bertz CT molecular complexity index is 1850. The van der Waals surface area contributed by atoms with Crippen molar-refractivity contribution >= 4 is 37.0 Å². The molecule has 9 nitrogen and oxygen atoms in total. The zero-order valence-corrected chi connectivity index (χ0v) is 28.1. The van der Waals surface area contributed by atoms with Gasteiger partial charge < -0.3 is 19.3 Å². The number of aliphatic hydroxyl groups excluding tert-OH is 1. The van der Waals surface area contributed by atoms with Gasteiger partial charge in [-0.1, -0.05) is 83.9 Å². The van der Waals surface area contributed by atoms with Crippen LogP contribution in [-0.4, -0.2) is 29.9 Å². The molecule has 2 atom stereocenters. The lowest BCUT2D eigenvalue weighted by Crippen LogP contribution is -2.35. The second-order valence-electron chi connectivity index (χ2n) is 10.6. The number of carbonyl (C=O) groups excluding carboxylic acids is 1. The van der Waals surface area contributed by atoms with E-state index in [0.717, 1.165) is 24.3 Å². The Morgan fingerprint density at radius 3 is 1.68 bits per heavy atom. The summed E-state index contributed by atoms with van der Waals surface area (Å²) in [6.45, 7) is -2.86. The minimum atomic E-state index is -4.61. The highest BCUT2D eigenvalue weighted by molar-refractivity contribution is 7.48. The summed E-state index contributed by atoms with van der Waals surface area (Å²) in [6.07, 6.45) is -3.44. The van der Waals surface area contributed by atoms with Crippen molar-refractivity contribution in [3.8, 4) is 0 Å². The second-order valence-corrected chi connectivity index (χ2v) is 12.9. The van der Waals surface area contributed by atoms with Crippen LogP contribution in [0.4, 0.5) is 17.6 Å². The van der Waals surface area contributed by atoms with E-state index in [0.29, 0.717) is 11.1 Å². The summed E-state index contributed by atoms with van der Waals surface area (Å²) in [4.78, 5) is 13.1. The molecule has 0 bridgehead atoms. The lowest BCUT2D eigenvalue weighted by Gasteiger charge is -2.27. The molecule has 0 saturated carbocycles. The number of aliphatic hydroxyl groups is 1. The van der Waals surface area contributed by atoms with Gasteiger partial charge in [-0.2, -0.15) is 0 Å². The van der Waals surface area contributed by atoms with Crippen molar-refractivity contribution in [2.75, 3.05) is 6.61 Å². The van der Waals surface area contributed by atoms with Gasteiger partial charge in [0, 0.05) is 11.1 Å². The molecule has 264 valence electrons. The zero-order chi connectivity index (χ0) is 35.8. The quantitative estimate of drug-likeness (QED) is 0.0522. The third kappa shape index (κ3) is 9.04. The van der Waals surface area contributed by atoms with Crippen molar-refractivity contribution in [1.82, 2.24) is 0 Å². The van der Waals surface area contributed by atoms with Crippen molar-refractivity contribution in [2.24, 2.45) is 0 Å². The van der Waals surface area contributed by atoms with Crippen LogP contribution >= 0.6 is 31.0 Å². The molecule has 1 aliphatic rings. The molecule has 16 heteroatoms. The number of phosphoric acid groups is 1. The fourth-order valence-corrected chi connectivity index (χ4v) is 6.23. The Morgan fingerprint density at radius 1 is 0.720 bits per heavy atom. The third-order valence-corrected chi connectivity index (χ3v) is 9.25. The first-order valence-corrected chi connectivity index (χ1v) is 16.9. The van der Waals surface area contributed by atoms with Gasteiger partial charge in [-0.25, -0.2) is 26.9 Å². The topological polar surface area (TPSA) is 110 Å². The van der Waals surface area contributed by atoms with Crippen LogP contribution in [0.25, 0.3) is 0 Å². The van der Waals surface area contributed by atoms with Gasteiger partial charge in [0.1, 0.15) is 41.0 Å². The lowest BCUT2D eigenvalue weighted by atomic mass is 10.1. The van der Waals surface area contributed by atoms with Crippen LogP contribution in [0.1, 0.15) is 22.3 Å². The molecule has 0 aromatic heterocycles. The van der Waals surface area contributed by atoms with E-state index >= 15 is 0 Å². The molecule has 0 aliphatic carbocycles. The van der Waals surface area contributed by atoms with Crippen LogP contribution in [0.2, 0.25) is 10.0 Å². The predicted molar refractivity (Wildman–Crippen MR) is 171 cm³/mol. The number of hydrogen-bond donors (Lipinski definition) is 1. The van der Waals surface area contributed by atoms with Gasteiger partial charge in [0.15, 0.2) is 23.5 Å². The minimum absolute atomic E-state index is 0.251. The molecule has 0 radical (unpaired) electrons. The molecule has 0 spiro atoms. The number of ether oxygens (including phenoxy) is 3. The zero-order valence-electron chi connectivity index (χ0n) is 25.7. The van der Waals surface area contributed by atoms with Gasteiger partial charge in [-0.15, -0.1) is 0 Å². The Kier molecular flexibility index (Phi) is 12.6. The van der Waals surface area contributed by atoms with Crippen LogP contribution in [-0.2, 0) is 63.6 Å². The summed E-state index contributed by atoms with van der Waals surface area (Å²) in [7, 11) is -4.61. The number of hydrogen-bond acceptors (Lipinski definition) is 9. The molecule has 0 unspecified atom stereocenters. The predicted octanol–water partition coefficient (Wildman–Crippen LogP) is 8.34. The molecule has 5 rings (SSSR count). The van der Waals surface area contributed by atoms with E-state index in [1.165, 1.54) is 0 Å². The van der Waals surface area contributed by atoms with Crippen LogP contribution in [0.3, 0.4) is 0 Å². The van der Waals surface area contributed by atoms with E-state index in [4.69, 9.17) is 51.0 Å². The number of cyclic esters (lactones) is 1. The summed E-state index contributed by atoms with van der Waals surface area (Å²) in [5, 5.41) is 8.78. The maximum absolute atomic E-state index is 14.8. The fourth-order valence-electron chi connectivity index (χ4n) is 4.54. The molecule has 50 heavy (non-hydrogen) atoms. The van der Waals surface area contributed by atoms with E-state index in [2.05, 4.69) is 0 Å². The fraction of sp³-hybridized carbons (Fsp3) is 0.206. The molecule has 1 N–H and O–H groups in total. The highest BCUT2D eigenvalue weighted by Crippen LogP contribution is 2.53. The van der Waals surface area contributed by atoms with E-state index in [-0.39, 0.29) is 24.3 Å². The molecular formula is C34H27Cl2F4O9P. The normalized spacial score (nSPS) is 15.3. The molecule has 0 fully saturated rings. The van der Waals surface area contributed by atoms with Crippen LogP contribution in [0.5, 0.6) is 0 Å². The van der Waals surface area contributed by atoms with Gasteiger partial charge in [0.2, 0.25) is 5.76 Å². The average molecular weight is 757 g/mol. The standard InChI is InChI=1S/C34H27Cl2F4O9P/c35-27-24(37)13-11-22(29(27)39)18-44-32-31(48-34(42)33(32)45-19-23-12-14-25(38)28(36)30(23)40)26(15-41)49-50(43,46-16-20-7-3-1-4-8-20)47-17-21-9-5-2-6-10-21/h1-14,26,31,41H,15-19H2/t26-,31+/m0/s1. The lowest BCUT2D eigenvalue weighted by molar-refractivity contribution is -0.148. The number of benzene rings is 4. The largest absolute Gasteiger partial charge is 0.485 e. The maximum Gasteiger partial charge on any atom is 0.475 e. The monoisotopic (exact) mass is 756 g/mol. The van der Waals surface area contributed by atoms with E-state index in [9.17, 15) is 32.0 Å². The molecule has 1 heterocycles. The minimum Gasteiger partial charge on any atom is -0.485 e. The summed E-state index contributed by atoms with van der Waals surface area (Å²) in [5.74, 6) is -6.80. The number of carbonyl (C=O) groups is 1. The van der Waals surface area contributed by atoms with Crippen LogP contribution < -0.4 is 0 Å². The molecule has 0 saturated heterocycles. The SMILES string of the molecule is O=C1O[C@H]([C@H](CO)OP(=O)(OCc2ccccc2)OCc2ccccc2)C(OCc2ccc(F)c(Cl)c2F)=C1OCc1ccc(F)c(Cl)c1F. The molecule has 4 aromatic rings. The first kappa shape index (κ1) is 37.3. The van der Waals surface area contributed by atoms with Crippen molar-refractivity contribution in [3.05, 3.63) is 152 Å². The molecular weight excluding hydrogens is 730 g/mol. The van der Waals surface area contributed by atoms with Gasteiger partial charge in [-0.3, -0.25) is 13.6 Å². The van der Waals surface area contributed by atoms with Crippen molar-refractivity contribution < 1.29 is 59.8 Å². The number of phosphoric ester groups is 1. The highest BCUT2D eigenvalue weighted by atomic mass is 35.5. The summed E-state index contributed by atoms with van der Waals surface area (Å²) < 4.78 is 105. The van der Waals surface area contributed by atoms with E-state index < -0.39 is 90.7 Å². The Balaban J connectivity index is 1.45. The first-order chi connectivity index (χ1) is 24.0. The summed E-state index contributed by atoms with van der Waals surface area (Å²) in [6, 6.07) is 21.0. The summed E-state index contributed by atoms with van der Waals surface area (Å²) in [5.41, 5.74) is 0.668. The second kappa shape index (κ2) is 16.8. The van der Waals surface area contributed by atoms with Gasteiger partial charge in [0.25, 0.3) is 0 Å². The highest BCUT2D eigenvalue weighted by Gasteiger charge is 2.46. The van der Waals surface area contributed by atoms with Crippen molar-refractivity contribution in [3.63, 3.8) is 0 Å².